The number of carbonyl (C=O) groups excluding carboxylic acids is 2. The van der Waals surface area contributed by atoms with E-state index >= 15 is 0 Å². The molecule has 3 rings (SSSR count). The summed E-state index contributed by atoms with van der Waals surface area (Å²) >= 11 is 18.1. The SMILES string of the molecule is CCOC(=O)c1nn(-c2ccc(Cl)cc2Cl)c(Oc2ccc(Cl)cc2)c1C=O. The van der Waals surface area contributed by atoms with E-state index in [1.807, 2.05) is 0 Å². The number of ether oxygens (including phenoxy) is 2. The number of benzene rings is 2. The third-order valence-corrected chi connectivity index (χ3v) is 4.42. The zero-order valence-electron chi connectivity index (χ0n) is 14.5. The minimum Gasteiger partial charge on any atom is -0.461 e. The van der Waals surface area contributed by atoms with Crippen LogP contribution in [0.5, 0.6) is 11.6 Å². The van der Waals surface area contributed by atoms with Crippen LogP contribution in [-0.4, -0.2) is 28.6 Å². The highest BCUT2D eigenvalue weighted by molar-refractivity contribution is 6.35. The summed E-state index contributed by atoms with van der Waals surface area (Å²) in [6.07, 6.45) is 0.477. The first-order valence-corrected chi connectivity index (χ1v) is 9.22. The average Bonchev–Trinajstić information content (AvgIpc) is 3.02. The minimum absolute atomic E-state index is 0.00426. The van der Waals surface area contributed by atoms with Crippen molar-refractivity contribution in [3.8, 4) is 17.3 Å². The summed E-state index contributed by atoms with van der Waals surface area (Å²) < 4.78 is 12.1. The fraction of sp³-hybridized carbons (Fsp3) is 0.105. The van der Waals surface area contributed by atoms with E-state index in [4.69, 9.17) is 44.3 Å². The zero-order chi connectivity index (χ0) is 20.3. The molecule has 0 aliphatic heterocycles. The van der Waals surface area contributed by atoms with Gasteiger partial charge in [-0.3, -0.25) is 4.79 Å². The second-order valence-electron chi connectivity index (χ2n) is 5.47. The van der Waals surface area contributed by atoms with Crippen molar-refractivity contribution in [1.82, 2.24) is 9.78 Å². The third-order valence-electron chi connectivity index (χ3n) is 3.63. The van der Waals surface area contributed by atoms with Gasteiger partial charge in [-0.1, -0.05) is 34.8 Å². The molecule has 0 amide bonds. The first kappa shape index (κ1) is 20.2. The Kier molecular flexibility index (Phi) is 6.24. The Balaban J connectivity index is 2.19. The van der Waals surface area contributed by atoms with Gasteiger partial charge < -0.3 is 9.47 Å². The summed E-state index contributed by atoms with van der Waals surface area (Å²) in [6.45, 7) is 1.77. The molecule has 1 heterocycles. The molecule has 3 aromatic rings. The number of rotatable bonds is 6. The number of nitrogens with zero attached hydrogens (tertiary/aromatic N) is 2. The molecule has 0 fully saturated rings. The van der Waals surface area contributed by atoms with E-state index in [2.05, 4.69) is 5.10 Å². The van der Waals surface area contributed by atoms with Crippen LogP contribution in [0.2, 0.25) is 15.1 Å². The van der Waals surface area contributed by atoms with Gasteiger partial charge in [0.2, 0.25) is 5.88 Å². The second kappa shape index (κ2) is 8.65. The topological polar surface area (TPSA) is 70.4 Å². The van der Waals surface area contributed by atoms with E-state index in [9.17, 15) is 9.59 Å². The Hall–Kier alpha value is -2.54. The molecule has 2 aromatic carbocycles. The lowest BCUT2D eigenvalue weighted by molar-refractivity contribution is 0.0516. The van der Waals surface area contributed by atoms with Gasteiger partial charge in [-0.2, -0.15) is 9.78 Å². The van der Waals surface area contributed by atoms with E-state index in [0.717, 1.165) is 0 Å². The van der Waals surface area contributed by atoms with Gasteiger partial charge in [-0.05, 0) is 49.4 Å². The summed E-state index contributed by atoms with van der Waals surface area (Å²) in [7, 11) is 0. The van der Waals surface area contributed by atoms with Gasteiger partial charge in [-0.25, -0.2) is 4.79 Å². The molecule has 0 radical (unpaired) electrons. The molecule has 0 bridgehead atoms. The van der Waals surface area contributed by atoms with Crippen LogP contribution in [-0.2, 0) is 4.74 Å². The van der Waals surface area contributed by atoms with Crippen molar-refractivity contribution in [2.75, 3.05) is 6.61 Å². The summed E-state index contributed by atoms with van der Waals surface area (Å²) in [5.74, 6) is -0.367. The Morgan fingerprint density at radius 1 is 1.11 bits per heavy atom. The van der Waals surface area contributed by atoms with Gasteiger partial charge >= 0.3 is 5.97 Å². The molecule has 0 saturated carbocycles. The van der Waals surface area contributed by atoms with Crippen molar-refractivity contribution in [2.45, 2.75) is 6.92 Å². The number of hydrogen-bond acceptors (Lipinski definition) is 5. The Labute approximate surface area is 175 Å². The molecule has 0 atom stereocenters. The molecule has 0 unspecified atom stereocenters. The van der Waals surface area contributed by atoms with Crippen LogP contribution in [0, 0.1) is 0 Å². The van der Waals surface area contributed by atoms with Crippen molar-refractivity contribution in [3.05, 3.63) is 68.8 Å². The lowest BCUT2D eigenvalue weighted by atomic mass is 10.2. The van der Waals surface area contributed by atoms with Crippen molar-refractivity contribution in [2.24, 2.45) is 0 Å². The van der Waals surface area contributed by atoms with E-state index in [1.54, 1.807) is 43.3 Å². The normalized spacial score (nSPS) is 10.6. The Morgan fingerprint density at radius 2 is 1.79 bits per heavy atom. The highest BCUT2D eigenvalue weighted by Gasteiger charge is 2.27. The van der Waals surface area contributed by atoms with E-state index < -0.39 is 5.97 Å². The quantitative estimate of drug-likeness (QED) is 0.368. The fourth-order valence-corrected chi connectivity index (χ4v) is 3.01. The average molecular weight is 440 g/mol. The largest absolute Gasteiger partial charge is 0.461 e. The van der Waals surface area contributed by atoms with Gasteiger partial charge in [-0.15, -0.1) is 0 Å². The van der Waals surface area contributed by atoms with Crippen molar-refractivity contribution < 1.29 is 19.1 Å². The van der Waals surface area contributed by atoms with Crippen molar-refractivity contribution in [1.29, 1.82) is 0 Å². The summed E-state index contributed by atoms with van der Waals surface area (Å²) in [5.41, 5.74) is 0.111. The van der Waals surface area contributed by atoms with E-state index in [1.165, 1.54) is 10.7 Å². The highest BCUT2D eigenvalue weighted by atomic mass is 35.5. The second-order valence-corrected chi connectivity index (χ2v) is 6.75. The number of esters is 1. The first-order chi connectivity index (χ1) is 13.4. The fourth-order valence-electron chi connectivity index (χ4n) is 2.40. The maximum absolute atomic E-state index is 12.3. The zero-order valence-corrected chi connectivity index (χ0v) is 16.8. The third kappa shape index (κ3) is 4.14. The van der Waals surface area contributed by atoms with Crippen LogP contribution >= 0.6 is 34.8 Å². The molecule has 1 aromatic heterocycles. The van der Waals surface area contributed by atoms with Crippen LogP contribution in [0.3, 0.4) is 0 Å². The van der Waals surface area contributed by atoms with Crippen LogP contribution in [0.15, 0.2) is 42.5 Å². The molecular weight excluding hydrogens is 427 g/mol. The summed E-state index contributed by atoms with van der Waals surface area (Å²) in [5, 5.41) is 5.40. The molecule has 0 aliphatic rings. The van der Waals surface area contributed by atoms with Gasteiger partial charge in [0.1, 0.15) is 11.3 Å². The van der Waals surface area contributed by atoms with Gasteiger partial charge in [0.25, 0.3) is 0 Å². The monoisotopic (exact) mass is 438 g/mol. The molecule has 0 spiro atoms. The number of carbonyl (C=O) groups is 2. The van der Waals surface area contributed by atoms with Gasteiger partial charge in [0, 0.05) is 10.0 Å². The Bertz CT molecular complexity index is 1030. The predicted octanol–water partition coefficient (Wildman–Crippen LogP) is 5.61. The number of halogens is 3. The molecule has 0 aliphatic carbocycles. The molecule has 6 nitrogen and oxygen atoms in total. The molecule has 144 valence electrons. The van der Waals surface area contributed by atoms with Crippen molar-refractivity contribution in [3.63, 3.8) is 0 Å². The van der Waals surface area contributed by atoms with E-state index in [0.29, 0.717) is 27.8 Å². The Morgan fingerprint density at radius 3 is 2.39 bits per heavy atom. The van der Waals surface area contributed by atoms with Crippen LogP contribution < -0.4 is 4.74 Å². The lowest BCUT2D eigenvalue weighted by Crippen LogP contribution is -2.08. The van der Waals surface area contributed by atoms with E-state index in [-0.39, 0.29) is 28.8 Å². The predicted molar refractivity (Wildman–Crippen MR) is 106 cm³/mol. The van der Waals surface area contributed by atoms with Crippen LogP contribution in [0.4, 0.5) is 0 Å². The maximum atomic E-state index is 12.3. The van der Waals surface area contributed by atoms with Gasteiger partial charge in [0.05, 0.1) is 17.3 Å². The lowest BCUT2D eigenvalue weighted by Gasteiger charge is -2.11. The number of hydrogen-bond donors (Lipinski definition) is 0. The standard InChI is InChI=1S/C19H13Cl3N2O4/c1-2-27-19(26)17-14(10-25)18(28-13-6-3-11(20)4-7-13)24(23-17)16-8-5-12(21)9-15(16)22/h3-10H,2H2,1H3. The first-order valence-electron chi connectivity index (χ1n) is 8.08. The van der Waals surface area contributed by atoms with Gasteiger partial charge in [0.15, 0.2) is 12.0 Å². The maximum Gasteiger partial charge on any atom is 0.359 e. The molecular formula is C19H13Cl3N2O4. The van der Waals surface area contributed by atoms with Crippen molar-refractivity contribution >= 4 is 47.1 Å². The smallest absolute Gasteiger partial charge is 0.359 e. The van der Waals surface area contributed by atoms with Crippen LogP contribution in [0.25, 0.3) is 5.69 Å². The molecule has 28 heavy (non-hydrogen) atoms. The van der Waals surface area contributed by atoms with Crippen LogP contribution in [0.1, 0.15) is 27.8 Å². The molecule has 9 heteroatoms. The number of aromatic nitrogens is 2. The highest BCUT2D eigenvalue weighted by Crippen LogP contribution is 2.34. The summed E-state index contributed by atoms with van der Waals surface area (Å²) in [4.78, 5) is 24.0. The molecule has 0 N–H and O–H groups in total. The molecule has 0 saturated heterocycles. The minimum atomic E-state index is -0.755. The number of aldehydes is 1. The summed E-state index contributed by atoms with van der Waals surface area (Å²) in [6, 6.07) is 11.2.